The molecule has 100 valence electrons. The number of hydrogen-bond acceptors (Lipinski definition) is 1. The average Bonchev–Trinajstić information content (AvgIpc) is 2.39. The second-order valence-electron chi connectivity index (χ2n) is 6.00. The lowest BCUT2D eigenvalue weighted by atomic mass is 10.1. The fraction of sp³-hybridized carbons (Fsp3) is 0.294. The van der Waals surface area contributed by atoms with Crippen molar-refractivity contribution >= 4 is 24.6 Å². The van der Waals surface area contributed by atoms with Crippen LogP contribution in [0.25, 0.3) is 0 Å². The van der Waals surface area contributed by atoms with E-state index in [-0.39, 0.29) is 0 Å². The summed E-state index contributed by atoms with van der Waals surface area (Å²) >= 11 is 0. The first-order valence-electron chi connectivity index (χ1n) is 6.95. The first-order valence-corrected chi connectivity index (χ1v) is 10.5. The van der Waals surface area contributed by atoms with Crippen molar-refractivity contribution in [3.05, 3.63) is 54.1 Å². The zero-order valence-corrected chi connectivity index (χ0v) is 13.3. The molecule has 0 aromatic heterocycles. The third-order valence-corrected chi connectivity index (χ3v) is 5.47. The van der Waals surface area contributed by atoms with Crippen LogP contribution in [0.1, 0.15) is 12.5 Å². The molecular weight excluding hydrogens is 246 g/mol. The third-order valence-electron chi connectivity index (χ3n) is 3.40. The summed E-state index contributed by atoms with van der Waals surface area (Å²) < 4.78 is 0. The molecule has 0 saturated carbocycles. The van der Waals surface area contributed by atoms with Crippen LogP contribution in [-0.4, -0.2) is 8.07 Å². The van der Waals surface area contributed by atoms with Gasteiger partial charge in [0.1, 0.15) is 0 Å². The highest BCUT2D eigenvalue weighted by atomic mass is 28.3. The number of rotatable bonds is 4. The quantitative estimate of drug-likeness (QED) is 0.804. The summed E-state index contributed by atoms with van der Waals surface area (Å²) in [4.78, 5) is 0. The summed E-state index contributed by atoms with van der Waals surface area (Å²) in [7, 11) is -1.19. The van der Waals surface area contributed by atoms with Crippen molar-refractivity contribution in [2.45, 2.75) is 33.0 Å². The van der Waals surface area contributed by atoms with E-state index in [0.29, 0.717) is 0 Å². The number of hydrogen-bond donors (Lipinski definition) is 1. The SMILES string of the molecule is CCc1ccc(Nc2ccc([Si](C)(C)C)cc2)cc1. The molecule has 0 bridgehead atoms. The topological polar surface area (TPSA) is 12.0 Å². The van der Waals surface area contributed by atoms with Crippen LogP contribution < -0.4 is 10.5 Å². The Kier molecular flexibility index (Phi) is 4.10. The fourth-order valence-corrected chi connectivity index (χ4v) is 3.21. The molecule has 0 unspecified atom stereocenters. The molecular formula is C17H23NSi. The Bertz CT molecular complexity index is 521. The first-order chi connectivity index (χ1) is 8.99. The van der Waals surface area contributed by atoms with Gasteiger partial charge in [0, 0.05) is 11.4 Å². The number of aryl methyl sites for hydroxylation is 1. The Labute approximate surface area is 117 Å². The molecule has 0 radical (unpaired) electrons. The Morgan fingerprint density at radius 3 is 1.68 bits per heavy atom. The predicted molar refractivity (Wildman–Crippen MR) is 88.5 cm³/mol. The molecule has 1 N–H and O–H groups in total. The van der Waals surface area contributed by atoms with E-state index in [1.165, 1.54) is 10.8 Å². The van der Waals surface area contributed by atoms with Crippen LogP contribution in [0, 0.1) is 0 Å². The molecule has 0 heterocycles. The van der Waals surface area contributed by atoms with Gasteiger partial charge in [-0.05, 0) is 36.2 Å². The van der Waals surface area contributed by atoms with Gasteiger partial charge in [0.15, 0.2) is 0 Å². The van der Waals surface area contributed by atoms with Crippen molar-refractivity contribution in [1.82, 2.24) is 0 Å². The zero-order chi connectivity index (χ0) is 13.9. The molecule has 19 heavy (non-hydrogen) atoms. The molecule has 1 nitrogen and oxygen atoms in total. The molecule has 0 aliphatic rings. The van der Waals surface area contributed by atoms with Crippen LogP contribution in [0.5, 0.6) is 0 Å². The van der Waals surface area contributed by atoms with E-state index in [0.717, 1.165) is 17.8 Å². The Morgan fingerprint density at radius 2 is 1.26 bits per heavy atom. The second-order valence-corrected chi connectivity index (χ2v) is 11.1. The molecule has 0 fully saturated rings. The van der Waals surface area contributed by atoms with Crippen molar-refractivity contribution in [3.63, 3.8) is 0 Å². The van der Waals surface area contributed by atoms with Crippen LogP contribution in [-0.2, 0) is 6.42 Å². The molecule has 0 aliphatic heterocycles. The van der Waals surface area contributed by atoms with Crippen molar-refractivity contribution in [3.8, 4) is 0 Å². The summed E-state index contributed by atoms with van der Waals surface area (Å²) in [5, 5.41) is 4.95. The van der Waals surface area contributed by atoms with Gasteiger partial charge in [-0.25, -0.2) is 0 Å². The minimum atomic E-state index is -1.19. The van der Waals surface area contributed by atoms with Crippen molar-refractivity contribution in [1.29, 1.82) is 0 Å². The van der Waals surface area contributed by atoms with Crippen LogP contribution in [0.3, 0.4) is 0 Å². The van der Waals surface area contributed by atoms with E-state index in [9.17, 15) is 0 Å². The maximum atomic E-state index is 3.45. The molecule has 0 amide bonds. The van der Waals surface area contributed by atoms with Gasteiger partial charge in [-0.15, -0.1) is 0 Å². The van der Waals surface area contributed by atoms with Gasteiger partial charge >= 0.3 is 0 Å². The first kappa shape index (κ1) is 13.9. The minimum Gasteiger partial charge on any atom is -0.356 e. The molecule has 0 saturated heterocycles. The highest BCUT2D eigenvalue weighted by molar-refractivity contribution is 6.88. The molecule has 0 atom stereocenters. The molecule has 0 aliphatic carbocycles. The van der Waals surface area contributed by atoms with Gasteiger partial charge in [-0.1, -0.05) is 56.0 Å². The van der Waals surface area contributed by atoms with E-state index >= 15 is 0 Å². The van der Waals surface area contributed by atoms with E-state index in [2.05, 4.69) is 80.4 Å². The standard InChI is InChI=1S/C17H23NSi/c1-5-14-6-8-15(9-7-14)18-16-10-12-17(13-11-16)19(2,3)4/h6-13,18H,5H2,1-4H3. The summed E-state index contributed by atoms with van der Waals surface area (Å²) in [6, 6.07) is 17.5. The molecule has 2 rings (SSSR count). The molecule has 0 spiro atoms. The summed E-state index contributed by atoms with van der Waals surface area (Å²) in [6.07, 6.45) is 1.09. The van der Waals surface area contributed by atoms with Gasteiger partial charge in [0.05, 0.1) is 8.07 Å². The minimum absolute atomic E-state index is 1.09. The molecule has 2 heteroatoms. The van der Waals surface area contributed by atoms with E-state index in [1.54, 1.807) is 0 Å². The maximum Gasteiger partial charge on any atom is 0.0775 e. The third kappa shape index (κ3) is 3.71. The van der Waals surface area contributed by atoms with Crippen LogP contribution in [0.4, 0.5) is 11.4 Å². The van der Waals surface area contributed by atoms with Crippen molar-refractivity contribution in [2.24, 2.45) is 0 Å². The highest BCUT2D eigenvalue weighted by Gasteiger charge is 2.15. The summed E-state index contributed by atoms with van der Waals surface area (Å²) in [5.41, 5.74) is 3.68. The molecule has 2 aromatic carbocycles. The predicted octanol–water partition coefficient (Wildman–Crippen LogP) is 4.54. The Hall–Kier alpha value is -1.54. The summed E-state index contributed by atoms with van der Waals surface area (Å²) in [5.74, 6) is 0. The van der Waals surface area contributed by atoms with E-state index < -0.39 is 8.07 Å². The van der Waals surface area contributed by atoms with Crippen molar-refractivity contribution < 1.29 is 0 Å². The second kappa shape index (κ2) is 5.62. The lowest BCUT2D eigenvalue weighted by Crippen LogP contribution is -2.37. The normalized spacial score (nSPS) is 11.4. The van der Waals surface area contributed by atoms with Crippen LogP contribution >= 0.6 is 0 Å². The van der Waals surface area contributed by atoms with E-state index in [4.69, 9.17) is 0 Å². The fourth-order valence-electron chi connectivity index (χ4n) is 2.04. The van der Waals surface area contributed by atoms with Gasteiger partial charge < -0.3 is 5.32 Å². The average molecular weight is 269 g/mol. The molecule has 2 aromatic rings. The number of anilines is 2. The Balaban J connectivity index is 2.10. The van der Waals surface area contributed by atoms with Crippen LogP contribution in [0.15, 0.2) is 48.5 Å². The maximum absolute atomic E-state index is 3.45. The van der Waals surface area contributed by atoms with Gasteiger partial charge in [0.2, 0.25) is 0 Å². The zero-order valence-electron chi connectivity index (χ0n) is 12.3. The lowest BCUT2D eigenvalue weighted by Gasteiger charge is -2.17. The largest absolute Gasteiger partial charge is 0.356 e. The number of nitrogens with one attached hydrogen (secondary N) is 1. The van der Waals surface area contributed by atoms with Gasteiger partial charge in [-0.2, -0.15) is 0 Å². The smallest absolute Gasteiger partial charge is 0.0775 e. The van der Waals surface area contributed by atoms with Crippen LogP contribution in [0.2, 0.25) is 19.6 Å². The lowest BCUT2D eigenvalue weighted by molar-refractivity contribution is 1.14. The van der Waals surface area contributed by atoms with Gasteiger partial charge in [0.25, 0.3) is 0 Å². The van der Waals surface area contributed by atoms with Crippen molar-refractivity contribution in [2.75, 3.05) is 5.32 Å². The Morgan fingerprint density at radius 1 is 0.789 bits per heavy atom. The monoisotopic (exact) mass is 269 g/mol. The highest BCUT2D eigenvalue weighted by Crippen LogP contribution is 2.17. The van der Waals surface area contributed by atoms with Gasteiger partial charge in [-0.3, -0.25) is 0 Å². The van der Waals surface area contributed by atoms with E-state index in [1.807, 2.05) is 0 Å². The number of benzene rings is 2. The summed E-state index contributed by atoms with van der Waals surface area (Å²) in [6.45, 7) is 9.30.